The zero-order valence-corrected chi connectivity index (χ0v) is 9.89. The van der Waals surface area contributed by atoms with Gasteiger partial charge in [0.15, 0.2) is 11.9 Å². The molecule has 0 atom stereocenters. The van der Waals surface area contributed by atoms with Crippen LogP contribution in [0.2, 0.25) is 0 Å². The molecule has 1 fully saturated rings. The van der Waals surface area contributed by atoms with E-state index in [1.807, 2.05) is 6.92 Å². The van der Waals surface area contributed by atoms with Gasteiger partial charge in [0.2, 0.25) is 0 Å². The van der Waals surface area contributed by atoms with Crippen LogP contribution in [0.25, 0.3) is 0 Å². The number of nitrogens with zero attached hydrogens (tertiary/aromatic N) is 2. The largest absolute Gasteiger partial charge is 0.370 e. The molecule has 15 heavy (non-hydrogen) atoms. The predicted molar refractivity (Wildman–Crippen MR) is 66.4 cm³/mol. The van der Waals surface area contributed by atoms with Gasteiger partial charge >= 0.3 is 0 Å². The summed E-state index contributed by atoms with van der Waals surface area (Å²) < 4.78 is 0. The average molecular weight is 234 g/mol. The molecule has 0 saturated heterocycles. The molecular weight excluding hydrogens is 214 g/mol. The zero-order valence-electron chi connectivity index (χ0n) is 9.07. The SMILES string of the molecule is CCCN=C(N)NC(N)=NCC1CC1.Cl. The van der Waals surface area contributed by atoms with E-state index in [1.165, 1.54) is 12.8 Å². The molecular formula is C9H20ClN5. The molecule has 0 aliphatic heterocycles. The van der Waals surface area contributed by atoms with E-state index in [4.69, 9.17) is 11.5 Å². The first-order chi connectivity index (χ1) is 6.72. The Morgan fingerprint density at radius 2 is 1.87 bits per heavy atom. The molecule has 0 bridgehead atoms. The number of hydrogen-bond acceptors (Lipinski definition) is 2. The Hall–Kier alpha value is -0.970. The van der Waals surface area contributed by atoms with Gasteiger partial charge in [-0.3, -0.25) is 15.3 Å². The van der Waals surface area contributed by atoms with Gasteiger partial charge in [0, 0.05) is 13.1 Å². The first-order valence-corrected chi connectivity index (χ1v) is 5.09. The van der Waals surface area contributed by atoms with E-state index in [2.05, 4.69) is 15.3 Å². The van der Waals surface area contributed by atoms with Crippen LogP contribution in [0.5, 0.6) is 0 Å². The van der Waals surface area contributed by atoms with Gasteiger partial charge in [0.1, 0.15) is 0 Å². The Bertz CT molecular complexity index is 235. The van der Waals surface area contributed by atoms with Crippen molar-refractivity contribution < 1.29 is 0 Å². The minimum Gasteiger partial charge on any atom is -0.370 e. The molecule has 5 nitrogen and oxygen atoms in total. The maximum atomic E-state index is 5.60. The molecule has 0 unspecified atom stereocenters. The third-order valence-electron chi connectivity index (χ3n) is 1.98. The van der Waals surface area contributed by atoms with E-state index < -0.39 is 0 Å². The maximum absolute atomic E-state index is 5.60. The van der Waals surface area contributed by atoms with E-state index in [9.17, 15) is 0 Å². The number of nitrogens with one attached hydrogen (secondary N) is 1. The second-order valence-electron chi connectivity index (χ2n) is 3.56. The average Bonchev–Trinajstić information content (AvgIpc) is 2.95. The first-order valence-electron chi connectivity index (χ1n) is 5.09. The van der Waals surface area contributed by atoms with Gasteiger partial charge < -0.3 is 11.5 Å². The molecule has 1 saturated carbocycles. The molecule has 0 heterocycles. The summed E-state index contributed by atoms with van der Waals surface area (Å²) in [4.78, 5) is 8.20. The predicted octanol–water partition coefficient (Wildman–Crippen LogP) is 0.447. The zero-order chi connectivity index (χ0) is 10.4. The Balaban J connectivity index is 0.00000196. The van der Waals surface area contributed by atoms with Crippen LogP contribution in [0.4, 0.5) is 0 Å². The quantitative estimate of drug-likeness (QED) is 0.487. The molecule has 0 aromatic heterocycles. The molecule has 0 aromatic carbocycles. The van der Waals surface area contributed by atoms with Crippen LogP contribution in [0.3, 0.4) is 0 Å². The fraction of sp³-hybridized carbons (Fsp3) is 0.778. The lowest BCUT2D eigenvalue weighted by Crippen LogP contribution is -2.41. The van der Waals surface area contributed by atoms with E-state index >= 15 is 0 Å². The Morgan fingerprint density at radius 3 is 2.40 bits per heavy atom. The first kappa shape index (κ1) is 14.0. The van der Waals surface area contributed by atoms with Gasteiger partial charge in [-0.15, -0.1) is 12.4 Å². The molecule has 1 aliphatic carbocycles. The van der Waals surface area contributed by atoms with Crippen molar-refractivity contribution >= 4 is 24.3 Å². The number of guanidine groups is 2. The maximum Gasteiger partial charge on any atom is 0.195 e. The standard InChI is InChI=1S/C9H19N5.ClH/c1-2-5-12-8(10)14-9(11)13-6-7-3-4-7;/h7H,2-6H2,1H3,(H5,10,11,12,13,14);1H. The van der Waals surface area contributed by atoms with Crippen LogP contribution >= 0.6 is 12.4 Å². The Kier molecular flexibility index (Phi) is 6.86. The fourth-order valence-corrected chi connectivity index (χ4v) is 0.970. The third kappa shape index (κ3) is 7.02. The summed E-state index contributed by atoms with van der Waals surface area (Å²) in [5, 5.41) is 2.75. The Labute approximate surface area is 96.8 Å². The van der Waals surface area contributed by atoms with Crippen molar-refractivity contribution in [1.82, 2.24) is 5.32 Å². The highest BCUT2D eigenvalue weighted by Gasteiger charge is 2.20. The molecule has 6 heteroatoms. The summed E-state index contributed by atoms with van der Waals surface area (Å²) in [7, 11) is 0. The second-order valence-corrected chi connectivity index (χ2v) is 3.56. The van der Waals surface area contributed by atoms with Crippen LogP contribution in [0, 0.1) is 5.92 Å². The lowest BCUT2D eigenvalue weighted by molar-refractivity contribution is 0.841. The lowest BCUT2D eigenvalue weighted by Gasteiger charge is -2.03. The van der Waals surface area contributed by atoms with Gasteiger partial charge in [-0.25, -0.2) is 0 Å². The van der Waals surface area contributed by atoms with E-state index in [-0.39, 0.29) is 12.4 Å². The molecule has 0 aromatic rings. The van der Waals surface area contributed by atoms with Crippen LogP contribution in [-0.4, -0.2) is 25.0 Å². The van der Waals surface area contributed by atoms with Crippen molar-refractivity contribution in [2.75, 3.05) is 13.1 Å². The summed E-state index contributed by atoms with van der Waals surface area (Å²) in [5.41, 5.74) is 11.2. The van der Waals surface area contributed by atoms with Crippen molar-refractivity contribution in [2.24, 2.45) is 27.4 Å². The van der Waals surface area contributed by atoms with Crippen molar-refractivity contribution in [1.29, 1.82) is 0 Å². The number of hydrogen-bond donors (Lipinski definition) is 3. The monoisotopic (exact) mass is 233 g/mol. The van der Waals surface area contributed by atoms with Crippen LogP contribution in [0.15, 0.2) is 9.98 Å². The molecule has 0 spiro atoms. The van der Waals surface area contributed by atoms with Crippen molar-refractivity contribution in [3.63, 3.8) is 0 Å². The molecule has 88 valence electrons. The van der Waals surface area contributed by atoms with Gasteiger partial charge in [0.05, 0.1) is 0 Å². The summed E-state index contributed by atoms with van der Waals surface area (Å²) in [6.07, 6.45) is 3.52. The highest BCUT2D eigenvalue weighted by molar-refractivity contribution is 5.97. The third-order valence-corrected chi connectivity index (χ3v) is 1.98. The Morgan fingerprint density at radius 1 is 1.27 bits per heavy atom. The number of rotatable bonds is 4. The van der Waals surface area contributed by atoms with Gasteiger partial charge in [0.25, 0.3) is 0 Å². The van der Waals surface area contributed by atoms with E-state index in [1.54, 1.807) is 0 Å². The molecule has 0 radical (unpaired) electrons. The van der Waals surface area contributed by atoms with Gasteiger partial charge in [-0.05, 0) is 25.2 Å². The smallest absolute Gasteiger partial charge is 0.195 e. The van der Waals surface area contributed by atoms with Crippen molar-refractivity contribution in [3.8, 4) is 0 Å². The minimum atomic E-state index is 0. The molecule has 1 aliphatic rings. The van der Waals surface area contributed by atoms with E-state index in [0.29, 0.717) is 11.9 Å². The molecule has 5 N–H and O–H groups in total. The van der Waals surface area contributed by atoms with Crippen molar-refractivity contribution in [3.05, 3.63) is 0 Å². The highest BCUT2D eigenvalue weighted by atomic mass is 35.5. The summed E-state index contributed by atoms with van der Waals surface area (Å²) >= 11 is 0. The van der Waals surface area contributed by atoms with Crippen LogP contribution < -0.4 is 16.8 Å². The minimum absolute atomic E-state index is 0. The molecule has 0 amide bonds. The number of halogens is 1. The van der Waals surface area contributed by atoms with E-state index in [0.717, 1.165) is 25.4 Å². The summed E-state index contributed by atoms with van der Waals surface area (Å²) in [5.74, 6) is 1.46. The van der Waals surface area contributed by atoms with Crippen molar-refractivity contribution in [2.45, 2.75) is 26.2 Å². The number of aliphatic imine (C=N–C) groups is 2. The lowest BCUT2D eigenvalue weighted by atomic mass is 10.4. The normalized spacial score (nSPS) is 17.1. The topological polar surface area (TPSA) is 88.8 Å². The molecule has 1 rings (SSSR count). The van der Waals surface area contributed by atoms with Crippen LogP contribution in [0.1, 0.15) is 26.2 Å². The summed E-state index contributed by atoms with van der Waals surface area (Å²) in [6, 6.07) is 0. The van der Waals surface area contributed by atoms with Gasteiger partial charge in [-0.2, -0.15) is 0 Å². The summed E-state index contributed by atoms with van der Waals surface area (Å²) in [6.45, 7) is 3.57. The second kappa shape index (κ2) is 7.34. The van der Waals surface area contributed by atoms with Crippen LogP contribution in [-0.2, 0) is 0 Å². The fourth-order valence-electron chi connectivity index (χ4n) is 0.970. The number of nitrogens with two attached hydrogens (primary N) is 2. The highest BCUT2D eigenvalue weighted by Crippen LogP contribution is 2.28. The van der Waals surface area contributed by atoms with Gasteiger partial charge in [-0.1, -0.05) is 6.92 Å².